The molecule has 2 aromatic rings. The number of hydrogen-bond donors (Lipinski definition) is 1. The zero-order valence-corrected chi connectivity index (χ0v) is 20.4. The molecule has 1 aliphatic rings. The first-order valence-electron chi connectivity index (χ1n) is 11.0. The van der Waals surface area contributed by atoms with Crippen LogP contribution in [0.3, 0.4) is 0 Å². The standard InChI is InChI=1S/C23H32N4O4S/c1-7-11-30-21(28)19-15(5)24-22-25-23(32-12-8-2)26-27(22)20(19)16-9-10-17(31-14(3)4)18(13-16)29-6/h9-10,13-14,20H,7-8,11-12H2,1-6H3,(H,24,25,26). The second-order valence-corrected chi connectivity index (χ2v) is 8.85. The van der Waals surface area contributed by atoms with Gasteiger partial charge in [-0.15, -0.1) is 5.10 Å². The summed E-state index contributed by atoms with van der Waals surface area (Å²) in [6, 6.07) is 5.18. The Morgan fingerprint density at radius 1 is 1.25 bits per heavy atom. The number of fused-ring (bicyclic) bond motifs is 1. The molecule has 0 fully saturated rings. The number of carbonyl (C=O) groups excluding carboxylic acids is 1. The van der Waals surface area contributed by atoms with Crippen molar-refractivity contribution in [1.82, 2.24) is 14.8 Å². The Morgan fingerprint density at radius 2 is 2.03 bits per heavy atom. The van der Waals surface area contributed by atoms with E-state index >= 15 is 0 Å². The quantitative estimate of drug-likeness (QED) is 0.399. The van der Waals surface area contributed by atoms with E-state index in [1.54, 1.807) is 23.6 Å². The number of thioether (sulfide) groups is 1. The summed E-state index contributed by atoms with van der Waals surface area (Å²) < 4.78 is 18.7. The first kappa shape index (κ1) is 24.0. The van der Waals surface area contributed by atoms with Crippen LogP contribution in [0.5, 0.6) is 11.5 Å². The minimum absolute atomic E-state index is 0.00965. The average molecular weight is 461 g/mol. The molecule has 8 nitrogen and oxygen atoms in total. The van der Waals surface area contributed by atoms with Gasteiger partial charge in [0.15, 0.2) is 11.5 Å². The lowest BCUT2D eigenvalue weighted by Gasteiger charge is -2.28. The molecule has 1 aromatic heterocycles. The topological polar surface area (TPSA) is 87.5 Å². The van der Waals surface area contributed by atoms with Crippen LogP contribution in [0.4, 0.5) is 5.95 Å². The molecule has 2 heterocycles. The van der Waals surface area contributed by atoms with E-state index < -0.39 is 6.04 Å². The summed E-state index contributed by atoms with van der Waals surface area (Å²) >= 11 is 1.59. The summed E-state index contributed by atoms with van der Waals surface area (Å²) in [5, 5.41) is 8.61. The molecule has 0 radical (unpaired) electrons. The maximum Gasteiger partial charge on any atom is 0.338 e. The van der Waals surface area contributed by atoms with Crippen molar-refractivity contribution >= 4 is 23.7 Å². The van der Waals surface area contributed by atoms with Crippen LogP contribution in [-0.4, -0.2) is 46.3 Å². The monoisotopic (exact) mass is 460 g/mol. The van der Waals surface area contributed by atoms with Gasteiger partial charge in [0.05, 0.1) is 25.4 Å². The van der Waals surface area contributed by atoms with Gasteiger partial charge in [0, 0.05) is 11.4 Å². The number of nitrogens with one attached hydrogen (secondary N) is 1. The van der Waals surface area contributed by atoms with Gasteiger partial charge in [0.25, 0.3) is 0 Å². The molecule has 0 spiro atoms. The summed E-state index contributed by atoms with van der Waals surface area (Å²) in [4.78, 5) is 17.7. The van der Waals surface area contributed by atoms with E-state index in [1.165, 1.54) is 0 Å². The molecule has 0 saturated carbocycles. The third-order valence-corrected chi connectivity index (χ3v) is 5.84. The Morgan fingerprint density at radius 3 is 2.69 bits per heavy atom. The molecular weight excluding hydrogens is 428 g/mol. The number of esters is 1. The molecule has 1 aliphatic heterocycles. The molecule has 1 aromatic carbocycles. The summed E-state index contributed by atoms with van der Waals surface area (Å²) in [6.07, 6.45) is 1.78. The van der Waals surface area contributed by atoms with E-state index in [0.717, 1.165) is 24.2 Å². The summed E-state index contributed by atoms with van der Waals surface area (Å²) in [6.45, 7) is 10.2. The van der Waals surface area contributed by atoms with Gasteiger partial charge in [-0.25, -0.2) is 9.48 Å². The van der Waals surface area contributed by atoms with Crippen molar-refractivity contribution in [3.63, 3.8) is 0 Å². The number of aromatic nitrogens is 3. The summed E-state index contributed by atoms with van der Waals surface area (Å²) in [7, 11) is 1.60. The number of benzene rings is 1. The largest absolute Gasteiger partial charge is 0.493 e. The lowest BCUT2D eigenvalue weighted by molar-refractivity contribution is -0.139. The molecule has 3 rings (SSSR count). The smallest absolute Gasteiger partial charge is 0.338 e. The summed E-state index contributed by atoms with van der Waals surface area (Å²) in [5.41, 5.74) is 2.03. The minimum atomic E-state index is -0.499. The van der Waals surface area contributed by atoms with Crippen molar-refractivity contribution in [3.8, 4) is 11.5 Å². The number of allylic oxidation sites excluding steroid dienone is 1. The second kappa shape index (κ2) is 10.8. The molecule has 9 heteroatoms. The van der Waals surface area contributed by atoms with Gasteiger partial charge >= 0.3 is 5.97 Å². The molecule has 174 valence electrons. The lowest BCUT2D eigenvalue weighted by atomic mass is 9.95. The number of hydrogen-bond acceptors (Lipinski definition) is 8. The molecule has 32 heavy (non-hydrogen) atoms. The van der Waals surface area contributed by atoms with Gasteiger partial charge in [0.2, 0.25) is 11.1 Å². The Kier molecular flexibility index (Phi) is 8.06. The van der Waals surface area contributed by atoms with Crippen LogP contribution in [0.2, 0.25) is 0 Å². The first-order valence-corrected chi connectivity index (χ1v) is 12.0. The molecular formula is C23H32N4O4S. The third kappa shape index (κ3) is 5.20. The van der Waals surface area contributed by atoms with E-state index in [9.17, 15) is 4.79 Å². The lowest BCUT2D eigenvalue weighted by Crippen LogP contribution is -2.29. The van der Waals surface area contributed by atoms with E-state index in [-0.39, 0.29) is 12.1 Å². The van der Waals surface area contributed by atoms with Gasteiger partial charge in [0.1, 0.15) is 6.04 Å². The molecule has 1 atom stereocenters. The van der Waals surface area contributed by atoms with Crippen molar-refractivity contribution < 1.29 is 19.0 Å². The first-order chi connectivity index (χ1) is 15.4. The van der Waals surface area contributed by atoms with Gasteiger partial charge in [-0.05, 0) is 51.3 Å². The van der Waals surface area contributed by atoms with Crippen LogP contribution in [0, 0.1) is 0 Å². The van der Waals surface area contributed by atoms with Crippen molar-refractivity contribution in [2.45, 2.75) is 64.8 Å². The molecule has 0 amide bonds. The SMILES string of the molecule is CCCOC(=O)C1=C(C)Nc2nc(SCCC)nn2C1c1ccc(OC(C)C)c(OC)c1. The number of carbonyl (C=O) groups is 1. The zero-order valence-electron chi connectivity index (χ0n) is 19.6. The Labute approximate surface area is 193 Å². The van der Waals surface area contributed by atoms with Crippen LogP contribution in [0.25, 0.3) is 0 Å². The van der Waals surface area contributed by atoms with Crippen molar-refractivity contribution in [2.24, 2.45) is 0 Å². The van der Waals surface area contributed by atoms with Gasteiger partial charge < -0.3 is 19.5 Å². The van der Waals surface area contributed by atoms with Gasteiger partial charge in [-0.1, -0.05) is 31.7 Å². The van der Waals surface area contributed by atoms with Crippen LogP contribution >= 0.6 is 11.8 Å². The van der Waals surface area contributed by atoms with Crippen LogP contribution < -0.4 is 14.8 Å². The number of methoxy groups -OCH3 is 1. The van der Waals surface area contributed by atoms with Crippen molar-refractivity contribution in [2.75, 3.05) is 24.8 Å². The van der Waals surface area contributed by atoms with E-state index in [1.807, 2.05) is 45.9 Å². The Balaban J connectivity index is 2.09. The number of ether oxygens (including phenoxy) is 3. The van der Waals surface area contributed by atoms with E-state index in [0.29, 0.717) is 40.5 Å². The predicted octanol–water partition coefficient (Wildman–Crippen LogP) is 4.82. The minimum Gasteiger partial charge on any atom is -0.493 e. The number of rotatable bonds is 10. The predicted molar refractivity (Wildman–Crippen MR) is 126 cm³/mol. The van der Waals surface area contributed by atoms with E-state index in [2.05, 4.69) is 17.2 Å². The molecule has 1 unspecified atom stereocenters. The third-order valence-electron chi connectivity index (χ3n) is 4.79. The molecule has 0 bridgehead atoms. The van der Waals surface area contributed by atoms with Crippen molar-refractivity contribution in [1.29, 1.82) is 0 Å². The Hall–Kier alpha value is -2.68. The normalized spacial score (nSPS) is 15.4. The fraction of sp³-hybridized carbons (Fsp3) is 0.522. The molecule has 1 N–H and O–H groups in total. The molecule has 0 aliphatic carbocycles. The van der Waals surface area contributed by atoms with Crippen LogP contribution in [-0.2, 0) is 9.53 Å². The highest BCUT2D eigenvalue weighted by molar-refractivity contribution is 7.99. The highest BCUT2D eigenvalue weighted by Gasteiger charge is 2.35. The van der Waals surface area contributed by atoms with Crippen LogP contribution in [0.15, 0.2) is 34.6 Å². The Bertz CT molecular complexity index is 986. The van der Waals surface area contributed by atoms with Crippen LogP contribution in [0.1, 0.15) is 59.1 Å². The second-order valence-electron chi connectivity index (χ2n) is 7.79. The van der Waals surface area contributed by atoms with E-state index in [4.69, 9.17) is 19.3 Å². The molecule has 0 saturated heterocycles. The van der Waals surface area contributed by atoms with Gasteiger partial charge in [-0.2, -0.15) is 4.98 Å². The fourth-order valence-corrected chi connectivity index (χ4v) is 4.12. The summed E-state index contributed by atoms with van der Waals surface area (Å²) in [5.74, 6) is 2.39. The average Bonchev–Trinajstić information content (AvgIpc) is 3.17. The maximum absolute atomic E-state index is 13.1. The highest BCUT2D eigenvalue weighted by Crippen LogP contribution is 2.40. The van der Waals surface area contributed by atoms with Gasteiger partial charge in [-0.3, -0.25) is 0 Å². The van der Waals surface area contributed by atoms with Crippen molar-refractivity contribution in [3.05, 3.63) is 35.0 Å². The zero-order chi connectivity index (χ0) is 23.3. The highest BCUT2D eigenvalue weighted by atomic mass is 32.2. The number of nitrogens with zero attached hydrogens (tertiary/aromatic N) is 3. The maximum atomic E-state index is 13.1. The number of anilines is 1. The fourth-order valence-electron chi connectivity index (χ4n) is 3.44.